The molecule has 0 saturated heterocycles. The van der Waals surface area contributed by atoms with Gasteiger partial charge in [0.2, 0.25) is 0 Å². The van der Waals surface area contributed by atoms with E-state index in [9.17, 15) is 0 Å². The minimum Gasteiger partial charge on any atom is -0.310 e. The van der Waals surface area contributed by atoms with E-state index >= 15 is 0 Å². The van der Waals surface area contributed by atoms with E-state index in [1.54, 1.807) is 0 Å². The number of anilines is 3. The van der Waals surface area contributed by atoms with Gasteiger partial charge in [0.05, 0.1) is 11.0 Å². The molecular formula is C54H36N2S. The SMILES string of the molecule is c1ccc(-c2cc(-c3ccccc3)cc(N(c3ccc(-c4cccc5c4c4ccccc4n5-c4ccccc4)cc3)c3ccc4c(c3)sc3ccccc34)c2)cc1. The number of fused-ring (bicyclic) bond motifs is 6. The second-order valence-electron chi connectivity index (χ2n) is 14.5. The van der Waals surface area contributed by atoms with Gasteiger partial charge in [0.15, 0.2) is 0 Å². The lowest BCUT2D eigenvalue weighted by atomic mass is 9.97. The lowest BCUT2D eigenvalue weighted by Gasteiger charge is -2.27. The van der Waals surface area contributed by atoms with Crippen molar-refractivity contribution in [2.24, 2.45) is 0 Å². The van der Waals surface area contributed by atoms with E-state index in [0.717, 1.165) is 22.7 Å². The standard InChI is InChI=1S/C54H36N2S/c1-4-15-37(16-5-1)40-33-41(38-17-6-2-7-18-38)35-45(34-40)55(44-31-32-48-47-21-11-13-26-52(47)57-53(48)36-44)43-29-27-39(28-30-43)46-23-14-25-51-54(46)49-22-10-12-24-50(49)56(51)42-19-8-3-9-20-42/h1-36H. The Bertz CT molecular complexity index is 3160. The van der Waals surface area contributed by atoms with Gasteiger partial charge in [0, 0.05) is 53.7 Å². The Morgan fingerprint density at radius 3 is 1.63 bits per heavy atom. The van der Waals surface area contributed by atoms with Crippen molar-refractivity contribution in [3.05, 3.63) is 218 Å². The van der Waals surface area contributed by atoms with Crippen LogP contribution in [0.2, 0.25) is 0 Å². The predicted molar refractivity (Wildman–Crippen MR) is 245 cm³/mol. The third kappa shape index (κ3) is 5.80. The monoisotopic (exact) mass is 744 g/mol. The molecular weight excluding hydrogens is 709 g/mol. The van der Waals surface area contributed by atoms with Crippen molar-refractivity contribution in [1.29, 1.82) is 0 Å². The van der Waals surface area contributed by atoms with Crippen molar-refractivity contribution in [1.82, 2.24) is 4.57 Å². The highest BCUT2D eigenvalue weighted by atomic mass is 32.1. The molecule has 0 saturated carbocycles. The van der Waals surface area contributed by atoms with Crippen LogP contribution in [0.1, 0.15) is 0 Å². The third-order valence-corrected chi connectivity index (χ3v) is 12.3. The first-order valence-corrected chi connectivity index (χ1v) is 20.2. The molecule has 0 N–H and O–H groups in total. The Kier molecular flexibility index (Phi) is 8.04. The van der Waals surface area contributed by atoms with Gasteiger partial charge in [0.25, 0.3) is 0 Å². The maximum atomic E-state index is 2.42. The molecule has 268 valence electrons. The summed E-state index contributed by atoms with van der Waals surface area (Å²) in [7, 11) is 0. The van der Waals surface area contributed by atoms with Crippen molar-refractivity contribution in [3.8, 4) is 39.1 Å². The van der Waals surface area contributed by atoms with E-state index < -0.39 is 0 Å². The molecule has 3 heteroatoms. The lowest BCUT2D eigenvalue weighted by molar-refractivity contribution is 1.18. The van der Waals surface area contributed by atoms with Crippen molar-refractivity contribution >= 4 is 70.4 Å². The summed E-state index contributed by atoms with van der Waals surface area (Å²) in [5.41, 5.74) is 14.0. The van der Waals surface area contributed by atoms with E-state index in [-0.39, 0.29) is 0 Å². The Morgan fingerprint density at radius 2 is 0.912 bits per heavy atom. The Labute approximate surface area is 335 Å². The van der Waals surface area contributed by atoms with Crippen LogP contribution in [0.4, 0.5) is 17.1 Å². The predicted octanol–water partition coefficient (Wildman–Crippen LogP) is 15.6. The normalized spacial score (nSPS) is 11.5. The molecule has 0 spiro atoms. The summed E-state index contributed by atoms with van der Waals surface area (Å²) < 4.78 is 4.97. The topological polar surface area (TPSA) is 8.17 Å². The molecule has 0 amide bonds. The first-order valence-electron chi connectivity index (χ1n) is 19.4. The Hall–Kier alpha value is -7.20. The van der Waals surface area contributed by atoms with Crippen molar-refractivity contribution in [2.75, 3.05) is 4.90 Å². The summed E-state index contributed by atoms with van der Waals surface area (Å²) in [5, 5.41) is 5.11. The van der Waals surface area contributed by atoms with Gasteiger partial charge >= 0.3 is 0 Å². The minimum atomic E-state index is 1.10. The zero-order chi connectivity index (χ0) is 37.7. The molecule has 0 aliphatic heterocycles. The van der Waals surface area contributed by atoms with Crippen LogP contribution in [-0.2, 0) is 0 Å². The zero-order valence-corrected chi connectivity index (χ0v) is 31.9. The maximum absolute atomic E-state index is 2.42. The van der Waals surface area contributed by atoms with Gasteiger partial charge in [-0.2, -0.15) is 0 Å². The number of rotatable bonds is 7. The molecule has 0 bridgehead atoms. The molecule has 0 unspecified atom stereocenters. The fraction of sp³-hybridized carbons (Fsp3) is 0. The van der Waals surface area contributed by atoms with Gasteiger partial charge in [-0.05, 0) is 106 Å². The number of benzene rings is 9. The molecule has 2 heterocycles. The number of thiophene rings is 1. The molecule has 2 nitrogen and oxygen atoms in total. The van der Waals surface area contributed by atoms with Crippen LogP contribution in [0.5, 0.6) is 0 Å². The third-order valence-electron chi connectivity index (χ3n) is 11.2. The Balaban J connectivity index is 1.10. The molecule has 0 fully saturated rings. The van der Waals surface area contributed by atoms with Gasteiger partial charge in [-0.25, -0.2) is 0 Å². The number of nitrogens with zero attached hydrogens (tertiary/aromatic N) is 2. The largest absolute Gasteiger partial charge is 0.310 e. The molecule has 9 aromatic carbocycles. The maximum Gasteiger partial charge on any atom is 0.0547 e. The molecule has 11 rings (SSSR count). The van der Waals surface area contributed by atoms with E-state index in [0.29, 0.717) is 0 Å². The van der Waals surface area contributed by atoms with Gasteiger partial charge in [-0.1, -0.05) is 146 Å². The van der Waals surface area contributed by atoms with Crippen LogP contribution < -0.4 is 4.90 Å². The van der Waals surface area contributed by atoms with Gasteiger partial charge in [-0.15, -0.1) is 11.3 Å². The molecule has 11 aromatic rings. The van der Waals surface area contributed by atoms with Crippen LogP contribution in [0.3, 0.4) is 0 Å². The molecule has 0 radical (unpaired) electrons. The van der Waals surface area contributed by atoms with E-state index in [4.69, 9.17) is 0 Å². The Morgan fingerprint density at radius 1 is 0.333 bits per heavy atom. The summed E-state index contributed by atoms with van der Waals surface area (Å²) in [5.74, 6) is 0. The van der Waals surface area contributed by atoms with E-state index in [1.165, 1.54) is 75.4 Å². The highest BCUT2D eigenvalue weighted by Gasteiger charge is 2.19. The number of hydrogen-bond donors (Lipinski definition) is 0. The van der Waals surface area contributed by atoms with Crippen LogP contribution in [0, 0.1) is 0 Å². The van der Waals surface area contributed by atoms with Crippen molar-refractivity contribution in [3.63, 3.8) is 0 Å². The summed E-state index contributed by atoms with van der Waals surface area (Å²) >= 11 is 1.86. The summed E-state index contributed by atoms with van der Waals surface area (Å²) in [6.07, 6.45) is 0. The quantitative estimate of drug-likeness (QED) is 0.158. The van der Waals surface area contributed by atoms with Gasteiger partial charge < -0.3 is 9.47 Å². The van der Waals surface area contributed by atoms with Gasteiger partial charge in [0.1, 0.15) is 0 Å². The number of aromatic nitrogens is 1. The molecule has 0 atom stereocenters. The second kappa shape index (κ2) is 13.8. The number of hydrogen-bond acceptors (Lipinski definition) is 2. The van der Waals surface area contributed by atoms with Crippen molar-refractivity contribution < 1.29 is 0 Å². The van der Waals surface area contributed by atoms with E-state index in [1.807, 2.05) is 11.3 Å². The first-order chi connectivity index (χ1) is 28.3. The fourth-order valence-electron chi connectivity index (χ4n) is 8.54. The summed E-state index contributed by atoms with van der Waals surface area (Å²) in [6.45, 7) is 0. The minimum absolute atomic E-state index is 1.10. The molecule has 0 aliphatic carbocycles. The fourth-order valence-corrected chi connectivity index (χ4v) is 9.68. The van der Waals surface area contributed by atoms with Crippen LogP contribution >= 0.6 is 11.3 Å². The first kappa shape index (κ1) is 33.2. The summed E-state index contributed by atoms with van der Waals surface area (Å²) in [6, 6.07) is 79.4. The van der Waals surface area contributed by atoms with Crippen LogP contribution in [0.25, 0.3) is 81.0 Å². The molecule has 2 aromatic heterocycles. The van der Waals surface area contributed by atoms with Gasteiger partial charge in [-0.3, -0.25) is 0 Å². The molecule has 0 aliphatic rings. The average molecular weight is 745 g/mol. The highest BCUT2D eigenvalue weighted by Crippen LogP contribution is 2.44. The van der Waals surface area contributed by atoms with Crippen LogP contribution in [-0.4, -0.2) is 4.57 Å². The highest BCUT2D eigenvalue weighted by molar-refractivity contribution is 7.25. The van der Waals surface area contributed by atoms with Crippen LogP contribution in [0.15, 0.2) is 218 Å². The lowest BCUT2D eigenvalue weighted by Crippen LogP contribution is -2.10. The number of para-hydroxylation sites is 2. The second-order valence-corrected chi connectivity index (χ2v) is 15.6. The molecule has 57 heavy (non-hydrogen) atoms. The zero-order valence-electron chi connectivity index (χ0n) is 31.1. The average Bonchev–Trinajstić information content (AvgIpc) is 3.83. The summed E-state index contributed by atoms with van der Waals surface area (Å²) in [4.78, 5) is 2.42. The van der Waals surface area contributed by atoms with Crippen molar-refractivity contribution in [2.45, 2.75) is 0 Å². The van der Waals surface area contributed by atoms with E-state index in [2.05, 4.69) is 228 Å². The smallest absolute Gasteiger partial charge is 0.0547 e.